The Labute approximate surface area is 127 Å². The Balaban J connectivity index is 1.86. The van der Waals surface area contributed by atoms with E-state index in [9.17, 15) is 9.59 Å². The van der Waals surface area contributed by atoms with Crippen LogP contribution in [-0.2, 0) is 11.8 Å². The highest BCUT2D eigenvalue weighted by molar-refractivity contribution is 5.97. The number of amides is 1. The summed E-state index contributed by atoms with van der Waals surface area (Å²) in [7, 11) is 1.79. The largest absolute Gasteiger partial charge is 0.481 e. The average molecular weight is 302 g/mol. The first-order valence-corrected chi connectivity index (χ1v) is 7.30. The molecule has 1 aliphatic carbocycles. The molecule has 2 aromatic rings. The molecule has 116 valence electrons. The van der Waals surface area contributed by atoms with Crippen LogP contribution in [0.5, 0.6) is 0 Å². The number of nitrogens with zero attached hydrogens (tertiary/aromatic N) is 4. The number of aromatic nitrogens is 3. The summed E-state index contributed by atoms with van der Waals surface area (Å²) < 4.78 is 1.65. The summed E-state index contributed by atoms with van der Waals surface area (Å²) >= 11 is 0. The van der Waals surface area contributed by atoms with E-state index in [1.807, 2.05) is 6.07 Å². The monoisotopic (exact) mass is 302 g/mol. The Kier molecular flexibility index (Phi) is 3.56. The number of carboxylic acids is 1. The van der Waals surface area contributed by atoms with Gasteiger partial charge < -0.3 is 10.0 Å². The summed E-state index contributed by atoms with van der Waals surface area (Å²) in [4.78, 5) is 25.4. The minimum Gasteiger partial charge on any atom is -0.481 e. The van der Waals surface area contributed by atoms with Gasteiger partial charge in [0.1, 0.15) is 5.52 Å². The number of rotatable bonds is 5. The number of aryl methyl sites for hydroxylation is 1. The number of benzene rings is 1. The van der Waals surface area contributed by atoms with Crippen LogP contribution in [0.15, 0.2) is 18.2 Å². The Morgan fingerprint density at radius 1 is 1.45 bits per heavy atom. The maximum atomic E-state index is 12.7. The van der Waals surface area contributed by atoms with Crippen LogP contribution in [0.2, 0.25) is 0 Å². The second-order valence-electron chi connectivity index (χ2n) is 5.84. The Bertz CT molecular complexity index is 735. The van der Waals surface area contributed by atoms with Crippen LogP contribution in [0, 0.1) is 5.92 Å². The van der Waals surface area contributed by atoms with E-state index in [1.165, 1.54) is 0 Å². The first-order valence-electron chi connectivity index (χ1n) is 7.30. The van der Waals surface area contributed by atoms with Gasteiger partial charge in [-0.2, -0.15) is 0 Å². The summed E-state index contributed by atoms with van der Waals surface area (Å²) in [5.41, 5.74) is 2.04. The third kappa shape index (κ3) is 2.66. The summed E-state index contributed by atoms with van der Waals surface area (Å²) in [5, 5.41) is 17.0. The molecule has 1 N–H and O–H groups in total. The molecule has 0 aliphatic heterocycles. The number of hydrogen-bond donors (Lipinski definition) is 1. The fraction of sp³-hybridized carbons (Fsp3) is 0.467. The highest BCUT2D eigenvalue weighted by Crippen LogP contribution is 2.29. The molecule has 1 atom stereocenters. The van der Waals surface area contributed by atoms with Crippen molar-refractivity contribution in [2.24, 2.45) is 13.0 Å². The van der Waals surface area contributed by atoms with E-state index >= 15 is 0 Å². The Hall–Kier alpha value is -2.44. The average Bonchev–Trinajstić information content (AvgIpc) is 3.27. The highest BCUT2D eigenvalue weighted by atomic mass is 16.4. The van der Waals surface area contributed by atoms with Crippen molar-refractivity contribution in [1.29, 1.82) is 0 Å². The molecule has 1 aliphatic rings. The van der Waals surface area contributed by atoms with E-state index in [2.05, 4.69) is 10.3 Å². The smallest absolute Gasteiger partial charge is 0.308 e. The summed E-state index contributed by atoms with van der Waals surface area (Å²) in [6, 6.07) is 5.43. The van der Waals surface area contributed by atoms with Gasteiger partial charge in [0.2, 0.25) is 0 Å². The van der Waals surface area contributed by atoms with E-state index in [-0.39, 0.29) is 18.5 Å². The maximum absolute atomic E-state index is 12.7. The van der Waals surface area contributed by atoms with Crippen molar-refractivity contribution in [3.8, 4) is 0 Å². The van der Waals surface area contributed by atoms with Gasteiger partial charge in [-0.15, -0.1) is 5.10 Å². The van der Waals surface area contributed by atoms with Crippen LogP contribution in [0.4, 0.5) is 0 Å². The first-order chi connectivity index (χ1) is 10.5. The van der Waals surface area contributed by atoms with Crippen molar-refractivity contribution >= 4 is 22.9 Å². The number of fused-ring (bicyclic) bond motifs is 1. The predicted molar refractivity (Wildman–Crippen MR) is 79.4 cm³/mol. The van der Waals surface area contributed by atoms with Gasteiger partial charge in [-0.25, -0.2) is 4.68 Å². The summed E-state index contributed by atoms with van der Waals surface area (Å²) in [6.07, 6.45) is 1.87. The molecule has 1 amide bonds. The van der Waals surface area contributed by atoms with E-state index in [0.29, 0.717) is 11.1 Å². The lowest BCUT2D eigenvalue weighted by Crippen LogP contribution is -2.38. The second-order valence-corrected chi connectivity index (χ2v) is 5.84. The lowest BCUT2D eigenvalue weighted by Gasteiger charge is -2.24. The van der Waals surface area contributed by atoms with Crippen molar-refractivity contribution in [2.75, 3.05) is 6.54 Å². The fourth-order valence-electron chi connectivity index (χ4n) is 2.50. The first kappa shape index (κ1) is 14.5. The SMILES string of the molecule is CC(CN(C(=O)c1ccc2c(c1)nnn2C)C1CC1)C(=O)O. The molecule has 1 saturated carbocycles. The van der Waals surface area contributed by atoms with Crippen LogP contribution in [0.1, 0.15) is 30.1 Å². The molecular formula is C15H18N4O3. The van der Waals surface area contributed by atoms with Crippen LogP contribution in [-0.4, -0.2) is 49.5 Å². The standard InChI is InChI=1S/C15H18N4O3/c1-9(15(21)22)8-19(11-4-5-11)14(20)10-3-6-13-12(7-10)16-17-18(13)2/h3,6-7,9,11H,4-5,8H2,1-2H3,(H,21,22). The summed E-state index contributed by atoms with van der Waals surface area (Å²) in [6.45, 7) is 1.86. The third-order valence-electron chi connectivity index (χ3n) is 4.00. The Morgan fingerprint density at radius 2 is 2.18 bits per heavy atom. The van der Waals surface area contributed by atoms with Gasteiger partial charge in [0, 0.05) is 25.2 Å². The van der Waals surface area contributed by atoms with Crippen LogP contribution in [0.25, 0.3) is 11.0 Å². The quantitative estimate of drug-likeness (QED) is 0.899. The zero-order valence-electron chi connectivity index (χ0n) is 12.6. The predicted octanol–water partition coefficient (Wildman–Crippen LogP) is 1.29. The number of carbonyl (C=O) groups excluding carboxylic acids is 1. The van der Waals surface area contributed by atoms with Gasteiger partial charge in [0.15, 0.2) is 0 Å². The van der Waals surface area contributed by atoms with E-state index in [0.717, 1.165) is 18.4 Å². The van der Waals surface area contributed by atoms with Gasteiger partial charge in [-0.1, -0.05) is 12.1 Å². The van der Waals surface area contributed by atoms with Gasteiger partial charge >= 0.3 is 5.97 Å². The molecule has 1 unspecified atom stereocenters. The molecule has 0 radical (unpaired) electrons. The van der Waals surface area contributed by atoms with Gasteiger partial charge in [-0.05, 0) is 31.0 Å². The molecule has 1 heterocycles. The molecule has 1 aromatic carbocycles. The maximum Gasteiger partial charge on any atom is 0.308 e. The number of aliphatic carboxylic acids is 1. The van der Waals surface area contributed by atoms with Crippen LogP contribution < -0.4 is 0 Å². The van der Waals surface area contributed by atoms with Crippen molar-refractivity contribution < 1.29 is 14.7 Å². The van der Waals surface area contributed by atoms with Crippen molar-refractivity contribution in [2.45, 2.75) is 25.8 Å². The van der Waals surface area contributed by atoms with Crippen LogP contribution >= 0.6 is 0 Å². The van der Waals surface area contributed by atoms with E-state index in [4.69, 9.17) is 5.11 Å². The molecule has 22 heavy (non-hydrogen) atoms. The third-order valence-corrected chi connectivity index (χ3v) is 4.00. The number of hydrogen-bond acceptors (Lipinski definition) is 4. The van der Waals surface area contributed by atoms with Gasteiger partial charge in [-0.3, -0.25) is 9.59 Å². The van der Waals surface area contributed by atoms with E-state index in [1.54, 1.807) is 35.7 Å². The topological polar surface area (TPSA) is 88.3 Å². The minimum atomic E-state index is -0.886. The number of carbonyl (C=O) groups is 2. The molecule has 7 nitrogen and oxygen atoms in total. The van der Waals surface area contributed by atoms with Crippen LogP contribution in [0.3, 0.4) is 0 Å². The highest BCUT2D eigenvalue weighted by Gasteiger charge is 2.35. The lowest BCUT2D eigenvalue weighted by atomic mass is 10.1. The number of carboxylic acid groups (broad SMARTS) is 1. The zero-order chi connectivity index (χ0) is 15.9. The lowest BCUT2D eigenvalue weighted by molar-refractivity contribution is -0.141. The molecule has 0 bridgehead atoms. The molecule has 1 fully saturated rings. The van der Waals surface area contributed by atoms with Gasteiger partial charge in [0.25, 0.3) is 5.91 Å². The molecule has 3 rings (SSSR count). The molecule has 0 saturated heterocycles. The normalized spacial score (nSPS) is 15.7. The van der Waals surface area contributed by atoms with E-state index < -0.39 is 11.9 Å². The zero-order valence-corrected chi connectivity index (χ0v) is 12.6. The fourth-order valence-corrected chi connectivity index (χ4v) is 2.50. The molecule has 7 heteroatoms. The molecule has 0 spiro atoms. The van der Waals surface area contributed by atoms with Crippen molar-refractivity contribution in [3.05, 3.63) is 23.8 Å². The summed E-state index contributed by atoms with van der Waals surface area (Å²) in [5.74, 6) is -1.60. The molecule has 1 aromatic heterocycles. The van der Waals surface area contributed by atoms with Gasteiger partial charge in [0.05, 0.1) is 11.4 Å². The Morgan fingerprint density at radius 3 is 2.82 bits per heavy atom. The van der Waals surface area contributed by atoms with Crippen molar-refractivity contribution in [1.82, 2.24) is 19.9 Å². The van der Waals surface area contributed by atoms with Crippen molar-refractivity contribution in [3.63, 3.8) is 0 Å². The second kappa shape index (κ2) is 5.40. The molecular weight excluding hydrogens is 284 g/mol. The minimum absolute atomic E-state index is 0.136.